The number of hydrogen-bond acceptors (Lipinski definition) is 3. The molecule has 1 atom stereocenters. The van der Waals surface area contributed by atoms with Crippen LogP contribution in [0.3, 0.4) is 0 Å². The number of rotatable bonds is 10. The highest BCUT2D eigenvalue weighted by Crippen LogP contribution is 2.10. The normalized spacial score (nSPS) is 12.4. The van der Waals surface area contributed by atoms with Gasteiger partial charge in [-0.1, -0.05) is 51.9 Å². The van der Waals surface area contributed by atoms with Crippen LogP contribution >= 0.6 is 0 Å². The van der Waals surface area contributed by atoms with Crippen LogP contribution in [0.4, 0.5) is 0 Å². The van der Waals surface area contributed by atoms with E-state index < -0.39 is 17.9 Å². The number of carbonyl (C=O) groups excluding carboxylic acids is 1. The van der Waals surface area contributed by atoms with E-state index >= 15 is 0 Å². The van der Waals surface area contributed by atoms with Crippen molar-refractivity contribution in [2.45, 2.75) is 64.4 Å². The standard InChI is InChI=1S/C12H22O4/c1-2-3-4-5-6-7-8-9-10(13)11(14)12(15)16/h10,13H,2-9H2,1H3,(H,15,16). The lowest BCUT2D eigenvalue weighted by Crippen LogP contribution is -2.27. The first kappa shape index (κ1) is 15.1. The Balaban J connectivity index is 3.38. The zero-order valence-electron chi connectivity index (χ0n) is 9.95. The third kappa shape index (κ3) is 7.40. The number of aliphatic carboxylic acids is 1. The van der Waals surface area contributed by atoms with Gasteiger partial charge in [0.15, 0.2) is 0 Å². The van der Waals surface area contributed by atoms with Gasteiger partial charge in [-0.2, -0.15) is 0 Å². The summed E-state index contributed by atoms with van der Waals surface area (Å²) < 4.78 is 0. The zero-order chi connectivity index (χ0) is 12.4. The molecule has 0 aromatic carbocycles. The Morgan fingerprint density at radius 1 is 1.00 bits per heavy atom. The number of aliphatic hydroxyl groups is 1. The molecular weight excluding hydrogens is 208 g/mol. The Morgan fingerprint density at radius 2 is 1.50 bits per heavy atom. The molecule has 0 radical (unpaired) electrons. The molecule has 0 aromatic heterocycles. The van der Waals surface area contributed by atoms with Gasteiger partial charge in [-0.3, -0.25) is 4.79 Å². The molecule has 0 saturated carbocycles. The number of aliphatic hydroxyl groups excluding tert-OH is 1. The molecular formula is C12H22O4. The second-order valence-electron chi connectivity index (χ2n) is 4.10. The second-order valence-corrected chi connectivity index (χ2v) is 4.10. The molecule has 0 aliphatic heterocycles. The lowest BCUT2D eigenvalue weighted by atomic mass is 10.0. The lowest BCUT2D eigenvalue weighted by molar-refractivity contribution is -0.153. The average Bonchev–Trinajstić information content (AvgIpc) is 2.26. The summed E-state index contributed by atoms with van der Waals surface area (Å²) in [7, 11) is 0. The number of hydrogen-bond donors (Lipinski definition) is 2. The summed E-state index contributed by atoms with van der Waals surface area (Å²) in [6.45, 7) is 2.16. The molecule has 0 aliphatic carbocycles. The maximum Gasteiger partial charge on any atom is 0.374 e. The Bertz CT molecular complexity index is 213. The quantitative estimate of drug-likeness (QED) is 0.445. The van der Waals surface area contributed by atoms with Crippen LogP contribution < -0.4 is 0 Å². The van der Waals surface area contributed by atoms with Gasteiger partial charge >= 0.3 is 5.97 Å². The average molecular weight is 230 g/mol. The smallest absolute Gasteiger partial charge is 0.374 e. The maximum absolute atomic E-state index is 10.8. The highest BCUT2D eigenvalue weighted by atomic mass is 16.4. The molecule has 0 heterocycles. The molecule has 4 nitrogen and oxygen atoms in total. The van der Waals surface area contributed by atoms with Crippen molar-refractivity contribution in [1.82, 2.24) is 0 Å². The predicted octanol–water partition coefficient (Wildman–Crippen LogP) is 2.14. The van der Waals surface area contributed by atoms with Crippen molar-refractivity contribution < 1.29 is 19.8 Å². The first-order valence-electron chi connectivity index (χ1n) is 6.04. The molecule has 16 heavy (non-hydrogen) atoms. The minimum absolute atomic E-state index is 0.263. The monoisotopic (exact) mass is 230 g/mol. The van der Waals surface area contributed by atoms with Gasteiger partial charge in [-0.15, -0.1) is 0 Å². The summed E-state index contributed by atoms with van der Waals surface area (Å²) in [5, 5.41) is 17.5. The SMILES string of the molecule is CCCCCCCCCC(O)C(=O)C(=O)O. The number of carbonyl (C=O) groups is 2. The van der Waals surface area contributed by atoms with E-state index in [1.807, 2.05) is 0 Å². The highest BCUT2D eigenvalue weighted by Gasteiger charge is 2.21. The van der Waals surface area contributed by atoms with E-state index in [2.05, 4.69) is 6.92 Å². The van der Waals surface area contributed by atoms with Crippen LogP contribution in [0, 0.1) is 0 Å². The number of ketones is 1. The van der Waals surface area contributed by atoms with Crippen molar-refractivity contribution in [3.8, 4) is 0 Å². The predicted molar refractivity (Wildman–Crippen MR) is 61.3 cm³/mol. The number of Topliss-reactive ketones (excluding diaryl/α,β-unsaturated/α-hetero) is 1. The van der Waals surface area contributed by atoms with Gasteiger partial charge in [0.2, 0.25) is 0 Å². The molecule has 1 unspecified atom stereocenters. The van der Waals surface area contributed by atoms with E-state index in [0.717, 1.165) is 12.8 Å². The van der Waals surface area contributed by atoms with Gasteiger partial charge in [0.25, 0.3) is 5.78 Å². The van der Waals surface area contributed by atoms with Crippen LogP contribution in [-0.2, 0) is 9.59 Å². The molecule has 0 saturated heterocycles. The minimum atomic E-state index is -1.55. The largest absolute Gasteiger partial charge is 0.475 e. The second kappa shape index (κ2) is 9.33. The van der Waals surface area contributed by atoms with Crippen LogP contribution in [0.2, 0.25) is 0 Å². The van der Waals surface area contributed by atoms with Crippen molar-refractivity contribution in [2.75, 3.05) is 0 Å². The van der Waals surface area contributed by atoms with Crippen molar-refractivity contribution in [1.29, 1.82) is 0 Å². The molecule has 0 fully saturated rings. The van der Waals surface area contributed by atoms with E-state index in [1.54, 1.807) is 0 Å². The molecule has 0 rings (SSSR count). The molecule has 94 valence electrons. The molecule has 0 spiro atoms. The zero-order valence-corrected chi connectivity index (χ0v) is 9.95. The fourth-order valence-electron chi connectivity index (χ4n) is 1.57. The maximum atomic E-state index is 10.8. The molecule has 4 heteroatoms. The van der Waals surface area contributed by atoms with Crippen molar-refractivity contribution >= 4 is 11.8 Å². The van der Waals surface area contributed by atoms with Crippen molar-refractivity contribution in [3.63, 3.8) is 0 Å². The Hall–Kier alpha value is -0.900. The Morgan fingerprint density at radius 3 is 2.00 bits per heavy atom. The van der Waals surface area contributed by atoms with Gasteiger partial charge in [0, 0.05) is 0 Å². The summed E-state index contributed by atoms with van der Waals surface area (Å²) in [5.74, 6) is -2.64. The lowest BCUT2D eigenvalue weighted by Gasteiger charge is -2.06. The topological polar surface area (TPSA) is 74.6 Å². The Kier molecular flexibility index (Phi) is 8.81. The van der Waals surface area contributed by atoms with Crippen LogP contribution in [0.15, 0.2) is 0 Å². The van der Waals surface area contributed by atoms with Crippen molar-refractivity contribution in [2.24, 2.45) is 0 Å². The fraction of sp³-hybridized carbons (Fsp3) is 0.833. The minimum Gasteiger partial charge on any atom is -0.475 e. The Labute approximate surface area is 96.7 Å². The molecule has 0 amide bonds. The molecule has 2 N–H and O–H groups in total. The summed E-state index contributed by atoms with van der Waals surface area (Å²) in [6, 6.07) is 0. The molecule has 0 aliphatic rings. The van der Waals surface area contributed by atoms with Gasteiger partial charge in [0.1, 0.15) is 6.10 Å². The fourth-order valence-corrected chi connectivity index (χ4v) is 1.57. The van der Waals surface area contributed by atoms with E-state index in [-0.39, 0.29) is 6.42 Å². The first-order chi connectivity index (χ1) is 7.59. The number of carboxylic acids is 1. The summed E-state index contributed by atoms with van der Waals surface area (Å²) >= 11 is 0. The summed E-state index contributed by atoms with van der Waals surface area (Å²) in [5.41, 5.74) is 0. The third-order valence-electron chi connectivity index (χ3n) is 2.59. The van der Waals surface area contributed by atoms with Crippen LogP contribution in [0.1, 0.15) is 58.3 Å². The highest BCUT2D eigenvalue weighted by molar-refractivity contribution is 6.34. The number of unbranched alkanes of at least 4 members (excludes halogenated alkanes) is 6. The van der Waals surface area contributed by atoms with Crippen LogP contribution in [-0.4, -0.2) is 28.1 Å². The van der Waals surface area contributed by atoms with Gasteiger partial charge in [-0.25, -0.2) is 4.79 Å². The van der Waals surface area contributed by atoms with Gasteiger partial charge in [0.05, 0.1) is 0 Å². The van der Waals surface area contributed by atoms with Crippen molar-refractivity contribution in [3.05, 3.63) is 0 Å². The summed E-state index contributed by atoms with van der Waals surface area (Å²) in [6.07, 6.45) is 6.57. The van der Waals surface area contributed by atoms with E-state index in [9.17, 15) is 14.7 Å². The third-order valence-corrected chi connectivity index (χ3v) is 2.59. The molecule has 0 bridgehead atoms. The van der Waals surface area contributed by atoms with E-state index in [0.29, 0.717) is 6.42 Å². The van der Waals surface area contributed by atoms with E-state index in [4.69, 9.17) is 5.11 Å². The summed E-state index contributed by atoms with van der Waals surface area (Å²) in [4.78, 5) is 21.0. The number of carboxylic acid groups (broad SMARTS) is 1. The van der Waals surface area contributed by atoms with E-state index in [1.165, 1.54) is 25.7 Å². The van der Waals surface area contributed by atoms with Gasteiger partial charge in [-0.05, 0) is 6.42 Å². The first-order valence-corrected chi connectivity index (χ1v) is 6.04. The van der Waals surface area contributed by atoms with Gasteiger partial charge < -0.3 is 10.2 Å². The van der Waals surface area contributed by atoms with Crippen LogP contribution in [0.5, 0.6) is 0 Å². The van der Waals surface area contributed by atoms with Crippen LogP contribution in [0.25, 0.3) is 0 Å². The molecule has 0 aromatic rings.